The number of amides is 1. The van der Waals surface area contributed by atoms with Crippen molar-refractivity contribution in [1.29, 1.82) is 0 Å². The summed E-state index contributed by atoms with van der Waals surface area (Å²) >= 11 is 0. The number of aromatic hydroxyl groups is 1. The Hall–Kier alpha value is -2.57. The molecule has 0 fully saturated rings. The normalized spacial score (nSPS) is 11.2. The molecule has 0 aliphatic heterocycles. The summed E-state index contributed by atoms with van der Waals surface area (Å²) in [4.78, 5) is 15.4. The molecule has 1 aromatic carbocycles. The summed E-state index contributed by atoms with van der Waals surface area (Å²) in [5, 5.41) is 11.5. The van der Waals surface area contributed by atoms with Gasteiger partial charge < -0.3 is 10.4 Å². The number of nitrogens with zero attached hydrogens (tertiary/aromatic N) is 1. The van der Waals surface area contributed by atoms with Gasteiger partial charge in [0, 0.05) is 6.20 Å². The molecule has 0 bridgehead atoms. The summed E-state index contributed by atoms with van der Waals surface area (Å²) in [5.74, 6) is -1.32. The monoisotopic (exact) mass is 282 g/mol. The van der Waals surface area contributed by atoms with Crippen LogP contribution in [0.4, 0.5) is 18.9 Å². The standard InChI is InChI=1S/C13H9F3N2O2/c14-13(15,16)8-4-1-2-5-9(8)18-12(20)11-10(19)6-3-7-17-11/h1-7,19H,(H,18,20). The second-order valence-electron chi connectivity index (χ2n) is 3.87. The fraction of sp³-hybridized carbons (Fsp3) is 0.0769. The Labute approximate surface area is 111 Å². The van der Waals surface area contributed by atoms with Crippen LogP contribution < -0.4 is 5.32 Å². The van der Waals surface area contributed by atoms with Gasteiger partial charge in [0.25, 0.3) is 5.91 Å². The van der Waals surface area contributed by atoms with Crippen molar-refractivity contribution in [3.8, 4) is 5.75 Å². The molecule has 1 heterocycles. The van der Waals surface area contributed by atoms with Crippen molar-refractivity contribution in [2.75, 3.05) is 5.32 Å². The first-order chi connectivity index (χ1) is 9.39. The van der Waals surface area contributed by atoms with Crippen LogP contribution in [0.25, 0.3) is 0 Å². The highest BCUT2D eigenvalue weighted by Crippen LogP contribution is 2.34. The average molecular weight is 282 g/mol. The number of aromatic nitrogens is 1. The number of alkyl halides is 3. The Kier molecular flexibility index (Phi) is 3.60. The fourth-order valence-corrected chi connectivity index (χ4v) is 1.59. The zero-order chi connectivity index (χ0) is 14.8. The molecule has 0 radical (unpaired) electrons. The third-order valence-corrected chi connectivity index (χ3v) is 2.48. The second kappa shape index (κ2) is 5.20. The van der Waals surface area contributed by atoms with E-state index in [1.165, 1.54) is 30.5 Å². The van der Waals surface area contributed by atoms with Crippen LogP contribution in [0.15, 0.2) is 42.6 Å². The molecular formula is C13H9F3N2O2. The maximum absolute atomic E-state index is 12.8. The molecule has 0 aliphatic carbocycles. The van der Waals surface area contributed by atoms with Gasteiger partial charge in [0.2, 0.25) is 0 Å². The van der Waals surface area contributed by atoms with Crippen molar-refractivity contribution in [1.82, 2.24) is 4.98 Å². The van der Waals surface area contributed by atoms with Gasteiger partial charge in [0.15, 0.2) is 5.69 Å². The number of carbonyl (C=O) groups excluding carboxylic acids is 1. The van der Waals surface area contributed by atoms with Crippen molar-refractivity contribution in [2.24, 2.45) is 0 Å². The summed E-state index contributed by atoms with van der Waals surface area (Å²) < 4.78 is 38.3. The van der Waals surface area contributed by atoms with Gasteiger partial charge in [-0.15, -0.1) is 0 Å². The molecule has 0 aliphatic rings. The van der Waals surface area contributed by atoms with Crippen LogP contribution in [-0.2, 0) is 6.18 Å². The molecule has 4 nitrogen and oxygen atoms in total. The lowest BCUT2D eigenvalue weighted by Crippen LogP contribution is -2.17. The van der Waals surface area contributed by atoms with Gasteiger partial charge in [-0.2, -0.15) is 13.2 Å². The molecule has 0 saturated heterocycles. The Morgan fingerprint density at radius 3 is 2.50 bits per heavy atom. The number of hydrogen-bond acceptors (Lipinski definition) is 3. The van der Waals surface area contributed by atoms with Gasteiger partial charge in [0.05, 0.1) is 11.3 Å². The number of rotatable bonds is 2. The van der Waals surface area contributed by atoms with Crippen molar-refractivity contribution in [2.45, 2.75) is 6.18 Å². The van der Waals surface area contributed by atoms with E-state index in [1.807, 2.05) is 0 Å². The predicted octanol–water partition coefficient (Wildman–Crippen LogP) is 3.06. The van der Waals surface area contributed by atoms with Gasteiger partial charge in [-0.1, -0.05) is 12.1 Å². The van der Waals surface area contributed by atoms with Crippen LogP contribution in [0, 0.1) is 0 Å². The van der Waals surface area contributed by atoms with Crippen LogP contribution in [-0.4, -0.2) is 16.0 Å². The SMILES string of the molecule is O=C(Nc1ccccc1C(F)(F)F)c1ncccc1O. The third-order valence-electron chi connectivity index (χ3n) is 2.48. The van der Waals surface area contributed by atoms with E-state index in [2.05, 4.69) is 10.3 Å². The Bertz CT molecular complexity index is 642. The van der Waals surface area contributed by atoms with Gasteiger partial charge in [-0.3, -0.25) is 4.79 Å². The van der Waals surface area contributed by atoms with Crippen molar-refractivity contribution in [3.63, 3.8) is 0 Å². The largest absolute Gasteiger partial charge is 0.505 e. The molecule has 0 spiro atoms. The van der Waals surface area contributed by atoms with Gasteiger partial charge in [0.1, 0.15) is 5.75 Å². The molecule has 2 rings (SSSR count). The maximum atomic E-state index is 12.8. The topological polar surface area (TPSA) is 62.2 Å². The van der Waals surface area contributed by atoms with Gasteiger partial charge in [-0.25, -0.2) is 4.98 Å². The Morgan fingerprint density at radius 2 is 1.85 bits per heavy atom. The molecule has 2 aromatic rings. The molecule has 0 saturated carbocycles. The number of anilines is 1. The van der Waals surface area contributed by atoms with E-state index < -0.39 is 29.1 Å². The molecule has 0 atom stereocenters. The van der Waals surface area contributed by atoms with E-state index in [-0.39, 0.29) is 5.69 Å². The van der Waals surface area contributed by atoms with Crippen LogP contribution in [0.1, 0.15) is 16.1 Å². The minimum absolute atomic E-state index is 0.343. The molecule has 104 valence electrons. The van der Waals surface area contributed by atoms with Crippen molar-refractivity contribution >= 4 is 11.6 Å². The molecule has 1 aromatic heterocycles. The first-order valence-corrected chi connectivity index (χ1v) is 5.51. The summed E-state index contributed by atoms with van der Waals surface area (Å²) in [5.41, 5.74) is -1.71. The number of nitrogens with one attached hydrogen (secondary N) is 1. The number of benzene rings is 1. The minimum atomic E-state index is -4.59. The molecule has 7 heteroatoms. The summed E-state index contributed by atoms with van der Waals surface area (Å²) in [6.45, 7) is 0. The third kappa shape index (κ3) is 2.87. The Morgan fingerprint density at radius 1 is 1.15 bits per heavy atom. The van der Waals surface area contributed by atoms with Crippen molar-refractivity contribution < 1.29 is 23.1 Å². The van der Waals surface area contributed by atoms with Crippen LogP contribution in [0.3, 0.4) is 0 Å². The number of para-hydroxylation sites is 1. The zero-order valence-electron chi connectivity index (χ0n) is 9.98. The lowest BCUT2D eigenvalue weighted by atomic mass is 10.1. The van der Waals surface area contributed by atoms with E-state index >= 15 is 0 Å². The van der Waals surface area contributed by atoms with Gasteiger partial charge in [-0.05, 0) is 24.3 Å². The smallest absolute Gasteiger partial charge is 0.418 e. The van der Waals surface area contributed by atoms with E-state index in [0.717, 1.165) is 12.1 Å². The summed E-state index contributed by atoms with van der Waals surface area (Å²) in [6, 6.07) is 7.18. The first kappa shape index (κ1) is 13.9. The fourth-order valence-electron chi connectivity index (χ4n) is 1.59. The van der Waals surface area contributed by atoms with Gasteiger partial charge >= 0.3 is 6.18 Å². The quantitative estimate of drug-likeness (QED) is 0.889. The van der Waals surface area contributed by atoms with E-state index in [9.17, 15) is 23.1 Å². The van der Waals surface area contributed by atoms with Crippen LogP contribution in [0.5, 0.6) is 5.75 Å². The molecule has 0 unspecified atom stereocenters. The zero-order valence-corrected chi connectivity index (χ0v) is 9.98. The lowest BCUT2D eigenvalue weighted by molar-refractivity contribution is -0.136. The van der Waals surface area contributed by atoms with E-state index in [1.54, 1.807) is 0 Å². The highest BCUT2D eigenvalue weighted by molar-refractivity contribution is 6.05. The number of pyridine rings is 1. The molecule has 20 heavy (non-hydrogen) atoms. The predicted molar refractivity (Wildman–Crippen MR) is 65.3 cm³/mol. The highest BCUT2D eigenvalue weighted by atomic mass is 19.4. The van der Waals surface area contributed by atoms with E-state index in [0.29, 0.717) is 0 Å². The number of hydrogen-bond donors (Lipinski definition) is 2. The molecule has 2 N–H and O–H groups in total. The summed E-state index contributed by atoms with van der Waals surface area (Å²) in [7, 11) is 0. The van der Waals surface area contributed by atoms with E-state index in [4.69, 9.17) is 0 Å². The van der Waals surface area contributed by atoms with Crippen molar-refractivity contribution in [3.05, 3.63) is 53.9 Å². The molecule has 1 amide bonds. The lowest BCUT2D eigenvalue weighted by Gasteiger charge is -2.13. The Balaban J connectivity index is 2.32. The first-order valence-electron chi connectivity index (χ1n) is 5.51. The number of carbonyl (C=O) groups is 1. The van der Waals surface area contributed by atoms with Crippen LogP contribution in [0.2, 0.25) is 0 Å². The minimum Gasteiger partial charge on any atom is -0.505 e. The maximum Gasteiger partial charge on any atom is 0.418 e. The number of halogens is 3. The molecular weight excluding hydrogens is 273 g/mol. The highest BCUT2D eigenvalue weighted by Gasteiger charge is 2.33. The summed E-state index contributed by atoms with van der Waals surface area (Å²) in [6.07, 6.45) is -3.33. The van der Waals surface area contributed by atoms with Crippen LogP contribution >= 0.6 is 0 Å². The average Bonchev–Trinajstić information content (AvgIpc) is 2.38. The second-order valence-corrected chi connectivity index (χ2v) is 3.87.